The van der Waals surface area contributed by atoms with E-state index in [2.05, 4.69) is 113 Å². The van der Waals surface area contributed by atoms with Gasteiger partial charge in [-0.3, -0.25) is 0 Å². The van der Waals surface area contributed by atoms with Crippen LogP contribution in [-0.2, 0) is 26.2 Å². The molecule has 32 heavy (non-hydrogen) atoms. The van der Waals surface area contributed by atoms with E-state index in [1.807, 2.05) is 0 Å². The zero-order chi connectivity index (χ0) is 20.2. The molecule has 1 atom stereocenters. The smallest absolute Gasteiger partial charge is 1.00 e. The number of allylic oxidation sites excluding steroid dienone is 2. The summed E-state index contributed by atoms with van der Waals surface area (Å²) in [4.78, 5) is 0. The van der Waals surface area contributed by atoms with Crippen molar-refractivity contribution in [3.05, 3.63) is 113 Å². The molecule has 161 valence electrons. The van der Waals surface area contributed by atoms with Crippen molar-refractivity contribution >= 4 is 21.9 Å². The number of halogens is 2. The van der Waals surface area contributed by atoms with Crippen molar-refractivity contribution in [2.24, 2.45) is 5.41 Å². The molecule has 0 bridgehead atoms. The molecule has 0 saturated heterocycles. The molecule has 1 aliphatic rings. The van der Waals surface area contributed by atoms with Gasteiger partial charge in [0.05, 0.1) is 0 Å². The minimum Gasteiger partial charge on any atom is -1.00 e. The maximum Gasteiger partial charge on any atom is 3.00 e. The van der Waals surface area contributed by atoms with Crippen molar-refractivity contribution < 1.29 is 51.0 Å². The summed E-state index contributed by atoms with van der Waals surface area (Å²) in [5.41, 5.74) is 9.92. The van der Waals surface area contributed by atoms with Gasteiger partial charge in [0.1, 0.15) is 0 Å². The van der Waals surface area contributed by atoms with E-state index in [0.717, 1.165) is 0 Å². The van der Waals surface area contributed by atoms with Gasteiger partial charge < -0.3 is 24.8 Å². The first-order chi connectivity index (χ1) is 13.9. The molecule has 0 aromatic heterocycles. The second kappa shape index (κ2) is 10.2. The molecule has 1 unspecified atom stereocenters. The number of benzene rings is 3. The van der Waals surface area contributed by atoms with Crippen LogP contribution in [0.15, 0.2) is 84.9 Å². The van der Waals surface area contributed by atoms with Gasteiger partial charge in [-0.2, -0.15) is 6.07 Å². The summed E-state index contributed by atoms with van der Waals surface area (Å²) >= 11 is 0. The second-order valence-electron chi connectivity index (χ2n) is 9.31. The first-order valence-electron chi connectivity index (χ1n) is 10.5. The normalized spacial score (nSPS) is 14.9. The fourth-order valence-corrected chi connectivity index (χ4v) is 5.14. The van der Waals surface area contributed by atoms with Gasteiger partial charge in [0.15, 0.2) is 0 Å². The van der Waals surface area contributed by atoms with Crippen LogP contribution in [0, 0.1) is 12.3 Å². The molecule has 3 heteroatoms. The maximum absolute atomic E-state index is 2.35. The van der Waals surface area contributed by atoms with Gasteiger partial charge in [0.2, 0.25) is 0 Å². The molecular weight excluding hydrogens is 510 g/mol. The fraction of sp³-hybridized carbons (Fsp3) is 0.207. The Kier molecular flexibility index (Phi) is 8.49. The van der Waals surface area contributed by atoms with Gasteiger partial charge in [-0.05, 0) is 33.3 Å². The van der Waals surface area contributed by atoms with Crippen LogP contribution in [0.2, 0.25) is 0 Å². The largest absolute Gasteiger partial charge is 3.00 e. The molecular formula is C29H27Cl2Zr. The Morgan fingerprint density at radius 1 is 0.750 bits per heavy atom. The van der Waals surface area contributed by atoms with Gasteiger partial charge in [-0.1, -0.05) is 93.9 Å². The van der Waals surface area contributed by atoms with Gasteiger partial charge >= 0.3 is 26.2 Å². The molecule has 4 aromatic rings. The Morgan fingerprint density at radius 2 is 1.38 bits per heavy atom. The zero-order valence-electron chi connectivity index (χ0n) is 18.9. The molecule has 0 spiro atoms. The topological polar surface area (TPSA) is 0 Å². The van der Waals surface area contributed by atoms with Crippen molar-refractivity contribution in [2.75, 3.05) is 0 Å². The van der Waals surface area contributed by atoms with E-state index < -0.39 is 0 Å². The minimum absolute atomic E-state index is 0. The molecule has 0 aliphatic heterocycles. The number of hydrogen-bond acceptors (Lipinski definition) is 0. The third-order valence-electron chi connectivity index (χ3n) is 6.17. The summed E-state index contributed by atoms with van der Waals surface area (Å²) in [7, 11) is 0. The van der Waals surface area contributed by atoms with Crippen molar-refractivity contribution in [1.82, 2.24) is 0 Å². The van der Waals surface area contributed by atoms with Gasteiger partial charge in [0, 0.05) is 5.92 Å². The van der Waals surface area contributed by atoms with Crippen LogP contribution in [0.25, 0.3) is 21.9 Å². The molecule has 4 aromatic carbocycles. The monoisotopic (exact) mass is 535 g/mol. The summed E-state index contributed by atoms with van der Waals surface area (Å²) in [6.45, 7) is 9.23. The van der Waals surface area contributed by atoms with Crippen LogP contribution < -0.4 is 24.8 Å². The van der Waals surface area contributed by atoms with E-state index in [1.165, 1.54) is 49.7 Å². The van der Waals surface area contributed by atoms with Gasteiger partial charge in [-0.15, -0.1) is 34.5 Å². The van der Waals surface area contributed by atoms with E-state index in [1.54, 1.807) is 0 Å². The predicted octanol–water partition coefficient (Wildman–Crippen LogP) is 1.98. The van der Waals surface area contributed by atoms with E-state index in [-0.39, 0.29) is 62.4 Å². The van der Waals surface area contributed by atoms with E-state index >= 15 is 0 Å². The summed E-state index contributed by atoms with van der Waals surface area (Å²) < 4.78 is 0. The van der Waals surface area contributed by atoms with Crippen LogP contribution in [-0.4, -0.2) is 0 Å². The van der Waals surface area contributed by atoms with Crippen molar-refractivity contribution in [1.29, 1.82) is 0 Å². The van der Waals surface area contributed by atoms with Crippen molar-refractivity contribution in [2.45, 2.75) is 33.6 Å². The molecule has 5 rings (SSSR count). The zero-order valence-corrected chi connectivity index (χ0v) is 22.9. The van der Waals surface area contributed by atoms with Crippen LogP contribution in [0.1, 0.15) is 54.5 Å². The fourth-order valence-electron chi connectivity index (χ4n) is 5.14. The maximum atomic E-state index is 2.35. The average molecular weight is 538 g/mol. The summed E-state index contributed by atoms with van der Waals surface area (Å²) in [5.74, 6) is 0.258. The Labute approximate surface area is 223 Å². The Hall–Kier alpha value is -1.53. The molecule has 0 amide bonds. The molecule has 0 fully saturated rings. The molecule has 0 nitrogen and oxygen atoms in total. The molecule has 0 saturated carbocycles. The second-order valence-corrected chi connectivity index (χ2v) is 9.31. The van der Waals surface area contributed by atoms with Crippen LogP contribution >= 0.6 is 0 Å². The Balaban J connectivity index is 0.00000121. The Bertz CT molecular complexity index is 1240. The minimum atomic E-state index is 0. The third kappa shape index (κ3) is 4.45. The number of aryl methyl sites for hydroxylation is 1. The van der Waals surface area contributed by atoms with Crippen LogP contribution in [0.4, 0.5) is 0 Å². The van der Waals surface area contributed by atoms with Gasteiger partial charge in [0.25, 0.3) is 0 Å². The summed E-state index contributed by atoms with van der Waals surface area (Å²) in [6, 6.07) is 31.4. The molecule has 0 heterocycles. The van der Waals surface area contributed by atoms with Gasteiger partial charge in [-0.25, -0.2) is 0 Å². The number of fused-ring (bicyclic) bond motifs is 2. The first kappa shape index (κ1) is 26.7. The summed E-state index contributed by atoms with van der Waals surface area (Å²) in [6.07, 6.45) is 0. The standard InChI is InChI=1S/C29H27.2ClH.Zr/c1-19-17-21-13-10-16-23(25(21)18-19)27-22-14-8-9-15-24(22)28(29(2,3)4)26(27)20-11-6-5-7-12-20;;;/h5-18,27H,1-4H3;2*1H;/q-1;;;+3/p-2. The first-order valence-corrected chi connectivity index (χ1v) is 10.5. The summed E-state index contributed by atoms with van der Waals surface area (Å²) in [5, 5.41) is 2.72. The van der Waals surface area contributed by atoms with E-state index in [4.69, 9.17) is 0 Å². The van der Waals surface area contributed by atoms with Crippen molar-refractivity contribution in [3.8, 4) is 0 Å². The SMILES string of the molecule is Cc1cc2c(C3C(c4ccccc4)=C(C(C)(C)C)c4ccccc43)cccc2[cH-]1.[Cl-].[Cl-].[Zr+3]. The molecule has 1 radical (unpaired) electrons. The van der Waals surface area contributed by atoms with Crippen LogP contribution in [0.5, 0.6) is 0 Å². The van der Waals surface area contributed by atoms with Crippen molar-refractivity contribution in [3.63, 3.8) is 0 Å². The van der Waals surface area contributed by atoms with Crippen LogP contribution in [0.3, 0.4) is 0 Å². The quantitative estimate of drug-likeness (QED) is 0.343. The predicted molar refractivity (Wildman–Crippen MR) is 125 cm³/mol. The number of rotatable bonds is 2. The molecule has 0 N–H and O–H groups in total. The van der Waals surface area contributed by atoms with E-state index in [0.29, 0.717) is 0 Å². The number of hydrogen-bond donors (Lipinski definition) is 0. The van der Waals surface area contributed by atoms with E-state index in [9.17, 15) is 0 Å². The molecule has 1 aliphatic carbocycles. The third-order valence-corrected chi connectivity index (χ3v) is 6.17. The Morgan fingerprint density at radius 3 is 2.06 bits per heavy atom. The average Bonchev–Trinajstić information content (AvgIpc) is 3.25.